The van der Waals surface area contributed by atoms with E-state index in [9.17, 15) is 4.79 Å². The molecule has 1 heterocycles. The number of nitrogens with zero attached hydrogens (tertiary/aromatic N) is 1. The van der Waals surface area contributed by atoms with Gasteiger partial charge in [-0.1, -0.05) is 17.7 Å². The fourth-order valence-electron chi connectivity index (χ4n) is 1.57. The molecule has 2 rings (SSSR count). The molecule has 0 saturated heterocycles. The standard InChI is InChI=1S/C13H13NO4/c1-3-17-13-10(12(15)16)14-11(18-13)9-6-4-5-8(2)7-9/h4-7H,3H2,1-2H3,(H,15,16). The van der Waals surface area contributed by atoms with Crippen molar-refractivity contribution in [3.63, 3.8) is 0 Å². The molecule has 0 bridgehead atoms. The topological polar surface area (TPSA) is 72.6 Å². The van der Waals surface area contributed by atoms with Gasteiger partial charge in [0.15, 0.2) is 0 Å². The second kappa shape index (κ2) is 4.91. The zero-order chi connectivity index (χ0) is 13.1. The van der Waals surface area contributed by atoms with Crippen molar-refractivity contribution >= 4 is 5.97 Å². The first kappa shape index (κ1) is 12.2. The quantitative estimate of drug-likeness (QED) is 0.899. The molecule has 2 aromatic rings. The lowest BCUT2D eigenvalue weighted by Crippen LogP contribution is -2.01. The van der Waals surface area contributed by atoms with Crippen LogP contribution >= 0.6 is 0 Å². The summed E-state index contributed by atoms with van der Waals surface area (Å²) >= 11 is 0. The molecule has 1 N–H and O–H groups in total. The Balaban J connectivity index is 2.46. The number of ether oxygens (including phenoxy) is 1. The van der Waals surface area contributed by atoms with Gasteiger partial charge in [0.2, 0.25) is 11.6 Å². The lowest BCUT2D eigenvalue weighted by Gasteiger charge is -1.98. The Hall–Kier alpha value is -2.30. The smallest absolute Gasteiger partial charge is 0.362 e. The van der Waals surface area contributed by atoms with Crippen LogP contribution in [0.1, 0.15) is 23.0 Å². The Morgan fingerprint density at radius 3 is 2.89 bits per heavy atom. The summed E-state index contributed by atoms with van der Waals surface area (Å²) in [7, 11) is 0. The molecule has 0 fully saturated rings. The van der Waals surface area contributed by atoms with Gasteiger partial charge < -0.3 is 14.3 Å². The third-order valence-electron chi connectivity index (χ3n) is 2.34. The third-order valence-corrected chi connectivity index (χ3v) is 2.34. The van der Waals surface area contributed by atoms with E-state index < -0.39 is 5.97 Å². The summed E-state index contributed by atoms with van der Waals surface area (Å²) in [5, 5.41) is 9.00. The predicted octanol–water partition coefficient (Wildman–Crippen LogP) is 2.75. The van der Waals surface area contributed by atoms with Crippen LogP contribution in [0.25, 0.3) is 11.5 Å². The number of carbonyl (C=O) groups is 1. The number of aromatic nitrogens is 1. The van der Waals surface area contributed by atoms with Crippen LogP contribution in [0.15, 0.2) is 28.7 Å². The minimum atomic E-state index is -1.17. The first-order chi connectivity index (χ1) is 8.61. The van der Waals surface area contributed by atoms with Crippen LogP contribution in [-0.4, -0.2) is 22.7 Å². The van der Waals surface area contributed by atoms with E-state index in [0.717, 1.165) is 11.1 Å². The number of benzene rings is 1. The molecule has 5 nitrogen and oxygen atoms in total. The number of hydrogen-bond donors (Lipinski definition) is 1. The maximum atomic E-state index is 11.0. The summed E-state index contributed by atoms with van der Waals surface area (Å²) in [5.74, 6) is -0.970. The second-order valence-electron chi connectivity index (χ2n) is 3.76. The zero-order valence-corrected chi connectivity index (χ0v) is 10.1. The van der Waals surface area contributed by atoms with Gasteiger partial charge in [-0.05, 0) is 26.0 Å². The zero-order valence-electron chi connectivity index (χ0n) is 10.1. The molecular weight excluding hydrogens is 234 g/mol. The van der Waals surface area contributed by atoms with Gasteiger partial charge in [-0.15, -0.1) is 0 Å². The molecule has 1 aromatic carbocycles. The van der Waals surface area contributed by atoms with E-state index in [4.69, 9.17) is 14.3 Å². The highest BCUT2D eigenvalue weighted by molar-refractivity contribution is 5.88. The molecule has 0 aliphatic rings. The summed E-state index contributed by atoms with van der Waals surface area (Å²) in [5.41, 5.74) is 1.57. The van der Waals surface area contributed by atoms with Gasteiger partial charge in [-0.25, -0.2) is 4.79 Å². The molecule has 94 valence electrons. The maximum absolute atomic E-state index is 11.0. The van der Waals surface area contributed by atoms with Crippen molar-refractivity contribution in [1.29, 1.82) is 0 Å². The molecule has 0 unspecified atom stereocenters. The van der Waals surface area contributed by atoms with Crippen molar-refractivity contribution < 1.29 is 19.1 Å². The fourth-order valence-corrected chi connectivity index (χ4v) is 1.57. The van der Waals surface area contributed by atoms with Gasteiger partial charge in [-0.3, -0.25) is 0 Å². The van der Waals surface area contributed by atoms with Crippen LogP contribution < -0.4 is 4.74 Å². The Morgan fingerprint density at radius 2 is 2.28 bits per heavy atom. The first-order valence-electron chi connectivity index (χ1n) is 5.55. The van der Waals surface area contributed by atoms with E-state index in [-0.39, 0.29) is 17.5 Å². The van der Waals surface area contributed by atoms with E-state index in [1.807, 2.05) is 25.1 Å². The minimum Gasteiger partial charge on any atom is -0.476 e. The Kier molecular flexibility index (Phi) is 3.32. The first-order valence-corrected chi connectivity index (χ1v) is 5.55. The van der Waals surface area contributed by atoms with Gasteiger partial charge >= 0.3 is 11.9 Å². The molecule has 5 heteroatoms. The van der Waals surface area contributed by atoms with Gasteiger partial charge in [0.05, 0.1) is 6.61 Å². The van der Waals surface area contributed by atoms with Gasteiger partial charge in [0.1, 0.15) is 0 Å². The third kappa shape index (κ3) is 2.34. The van der Waals surface area contributed by atoms with Crippen LogP contribution in [0.5, 0.6) is 5.95 Å². The lowest BCUT2D eigenvalue weighted by atomic mass is 10.1. The molecule has 0 atom stereocenters. The van der Waals surface area contributed by atoms with E-state index >= 15 is 0 Å². The predicted molar refractivity (Wildman–Crippen MR) is 64.8 cm³/mol. The number of aromatic carboxylic acids is 1. The van der Waals surface area contributed by atoms with E-state index in [2.05, 4.69) is 4.98 Å². The number of hydrogen-bond acceptors (Lipinski definition) is 4. The van der Waals surface area contributed by atoms with Crippen LogP contribution in [0, 0.1) is 6.92 Å². The lowest BCUT2D eigenvalue weighted by molar-refractivity contribution is 0.0683. The van der Waals surface area contributed by atoms with Crippen molar-refractivity contribution in [3.05, 3.63) is 35.5 Å². The average Bonchev–Trinajstić information content (AvgIpc) is 2.74. The largest absolute Gasteiger partial charge is 0.476 e. The van der Waals surface area contributed by atoms with Gasteiger partial charge in [-0.2, -0.15) is 4.98 Å². The molecule has 0 radical (unpaired) electrons. The summed E-state index contributed by atoms with van der Waals surface area (Å²) in [6.45, 7) is 4.01. The Morgan fingerprint density at radius 1 is 1.50 bits per heavy atom. The molecule has 0 spiro atoms. The van der Waals surface area contributed by atoms with E-state index in [1.54, 1.807) is 13.0 Å². The van der Waals surface area contributed by atoms with Crippen molar-refractivity contribution in [2.45, 2.75) is 13.8 Å². The minimum absolute atomic E-state index is 0.0542. The van der Waals surface area contributed by atoms with Crippen molar-refractivity contribution in [2.75, 3.05) is 6.61 Å². The van der Waals surface area contributed by atoms with E-state index in [1.165, 1.54) is 0 Å². The highest BCUT2D eigenvalue weighted by Gasteiger charge is 2.21. The molecule has 0 amide bonds. The fraction of sp³-hybridized carbons (Fsp3) is 0.231. The summed E-state index contributed by atoms with van der Waals surface area (Å²) in [6, 6.07) is 7.47. The Bertz CT molecular complexity index is 574. The molecule has 0 aliphatic heterocycles. The molecule has 0 aliphatic carbocycles. The molecule has 18 heavy (non-hydrogen) atoms. The number of aryl methyl sites for hydroxylation is 1. The van der Waals surface area contributed by atoms with Crippen LogP contribution in [0.2, 0.25) is 0 Å². The van der Waals surface area contributed by atoms with Crippen LogP contribution in [-0.2, 0) is 0 Å². The number of carboxylic acid groups (broad SMARTS) is 1. The molecule has 0 saturated carbocycles. The van der Waals surface area contributed by atoms with Crippen molar-refractivity contribution in [1.82, 2.24) is 4.98 Å². The Labute approximate surface area is 104 Å². The second-order valence-corrected chi connectivity index (χ2v) is 3.76. The van der Waals surface area contributed by atoms with E-state index in [0.29, 0.717) is 6.61 Å². The summed E-state index contributed by atoms with van der Waals surface area (Å²) in [6.07, 6.45) is 0. The maximum Gasteiger partial charge on any atom is 0.362 e. The highest BCUT2D eigenvalue weighted by atomic mass is 16.6. The highest BCUT2D eigenvalue weighted by Crippen LogP contribution is 2.27. The number of oxazole rings is 1. The molecule has 1 aromatic heterocycles. The van der Waals surface area contributed by atoms with Crippen LogP contribution in [0.3, 0.4) is 0 Å². The van der Waals surface area contributed by atoms with Crippen molar-refractivity contribution in [2.24, 2.45) is 0 Å². The van der Waals surface area contributed by atoms with Crippen LogP contribution in [0.4, 0.5) is 0 Å². The SMILES string of the molecule is CCOc1oc(-c2cccc(C)c2)nc1C(=O)O. The normalized spacial score (nSPS) is 10.3. The molecular formula is C13H13NO4. The monoisotopic (exact) mass is 247 g/mol. The number of rotatable bonds is 4. The average molecular weight is 247 g/mol. The summed E-state index contributed by atoms with van der Waals surface area (Å²) < 4.78 is 10.5. The van der Waals surface area contributed by atoms with Crippen molar-refractivity contribution in [3.8, 4) is 17.4 Å². The number of carboxylic acids is 1. The van der Waals surface area contributed by atoms with Gasteiger partial charge in [0.25, 0.3) is 0 Å². The summed E-state index contributed by atoms with van der Waals surface area (Å²) in [4.78, 5) is 15.0. The van der Waals surface area contributed by atoms with Gasteiger partial charge in [0, 0.05) is 5.56 Å².